The normalized spacial score (nSPS) is 12.2. The summed E-state index contributed by atoms with van der Waals surface area (Å²) < 4.78 is 0. The summed E-state index contributed by atoms with van der Waals surface area (Å²) in [6.07, 6.45) is 4.73. The van der Waals surface area contributed by atoms with Gasteiger partial charge in [-0.2, -0.15) is 0 Å². The van der Waals surface area contributed by atoms with E-state index >= 15 is 0 Å². The van der Waals surface area contributed by atoms with E-state index in [4.69, 9.17) is 0 Å². The van der Waals surface area contributed by atoms with Crippen molar-refractivity contribution >= 4 is 6.29 Å². The Morgan fingerprint density at radius 2 is 2.10 bits per heavy atom. The highest BCUT2D eigenvalue weighted by molar-refractivity contribution is 5.65. The molecule has 0 aromatic heterocycles. The second kappa shape index (κ2) is 5.21. The molecule has 0 aliphatic carbocycles. The highest BCUT2D eigenvalue weighted by atomic mass is 16.1. The van der Waals surface area contributed by atoms with Crippen LogP contribution in [0.3, 0.4) is 0 Å². The second-order valence-corrected chi connectivity index (χ2v) is 3.08. The largest absolute Gasteiger partial charge is 0.299 e. The van der Waals surface area contributed by atoms with Crippen LogP contribution in [-0.4, -0.2) is 6.29 Å². The first kappa shape index (κ1) is 9.41. The lowest BCUT2D eigenvalue weighted by molar-refractivity contribution is -0.104. The molecule has 0 bridgehead atoms. The molecule has 0 aromatic rings. The summed E-state index contributed by atoms with van der Waals surface area (Å²) in [4.78, 5) is 9.98. The van der Waals surface area contributed by atoms with E-state index in [0.717, 1.165) is 18.6 Å². The molecule has 0 aliphatic rings. The SMILES string of the molecule is CC(=CC=O)CCC(C)C. The number of rotatable bonds is 4. The molecule has 0 spiro atoms. The third-order valence-corrected chi connectivity index (χ3v) is 1.47. The summed E-state index contributed by atoms with van der Waals surface area (Å²) in [7, 11) is 0. The van der Waals surface area contributed by atoms with E-state index < -0.39 is 0 Å². The standard InChI is InChI=1S/C9H16O/c1-8(2)4-5-9(3)6-7-10/h6-8H,4-5H2,1-3H3. The van der Waals surface area contributed by atoms with Crippen LogP contribution in [0.1, 0.15) is 33.6 Å². The maximum Gasteiger partial charge on any atom is 0.142 e. The van der Waals surface area contributed by atoms with Crippen LogP contribution in [0.25, 0.3) is 0 Å². The maximum atomic E-state index is 9.98. The van der Waals surface area contributed by atoms with Crippen LogP contribution in [0, 0.1) is 5.92 Å². The van der Waals surface area contributed by atoms with Crippen molar-refractivity contribution in [3.8, 4) is 0 Å². The van der Waals surface area contributed by atoms with Crippen LogP contribution >= 0.6 is 0 Å². The van der Waals surface area contributed by atoms with Crippen molar-refractivity contribution in [3.05, 3.63) is 11.6 Å². The fraction of sp³-hybridized carbons (Fsp3) is 0.667. The van der Waals surface area contributed by atoms with Crippen LogP contribution in [0.4, 0.5) is 0 Å². The average Bonchev–Trinajstić information content (AvgIpc) is 1.85. The summed E-state index contributed by atoms with van der Waals surface area (Å²) in [5, 5.41) is 0. The summed E-state index contributed by atoms with van der Waals surface area (Å²) in [5.41, 5.74) is 1.18. The topological polar surface area (TPSA) is 17.1 Å². The fourth-order valence-electron chi connectivity index (χ4n) is 0.716. The minimum absolute atomic E-state index is 0.731. The minimum atomic E-state index is 0.731. The lowest BCUT2D eigenvalue weighted by atomic mass is 10.0. The van der Waals surface area contributed by atoms with E-state index in [1.54, 1.807) is 6.08 Å². The molecule has 0 unspecified atom stereocenters. The molecule has 10 heavy (non-hydrogen) atoms. The molecule has 0 N–H and O–H groups in total. The Bertz CT molecular complexity index is 123. The van der Waals surface area contributed by atoms with Gasteiger partial charge in [-0.1, -0.05) is 19.4 Å². The van der Waals surface area contributed by atoms with E-state index in [0.29, 0.717) is 0 Å². The Kier molecular flexibility index (Phi) is 4.91. The van der Waals surface area contributed by atoms with E-state index in [-0.39, 0.29) is 0 Å². The predicted molar refractivity (Wildman–Crippen MR) is 43.9 cm³/mol. The van der Waals surface area contributed by atoms with Crippen LogP contribution in [-0.2, 0) is 4.79 Å². The first-order chi connectivity index (χ1) is 4.66. The van der Waals surface area contributed by atoms with E-state index in [9.17, 15) is 4.79 Å². The molecule has 0 radical (unpaired) electrons. The molecule has 1 heteroatoms. The van der Waals surface area contributed by atoms with Gasteiger partial charge >= 0.3 is 0 Å². The van der Waals surface area contributed by atoms with Crippen molar-refractivity contribution in [3.63, 3.8) is 0 Å². The molecule has 0 saturated heterocycles. The molecule has 0 amide bonds. The molecular formula is C9H16O. The van der Waals surface area contributed by atoms with Crippen LogP contribution in [0.2, 0.25) is 0 Å². The van der Waals surface area contributed by atoms with Crippen LogP contribution in [0.5, 0.6) is 0 Å². The van der Waals surface area contributed by atoms with Gasteiger partial charge in [-0.3, -0.25) is 4.79 Å². The Labute approximate surface area is 63.1 Å². The Morgan fingerprint density at radius 3 is 2.50 bits per heavy atom. The zero-order chi connectivity index (χ0) is 7.98. The molecule has 0 rings (SSSR count). The molecular weight excluding hydrogens is 124 g/mol. The molecule has 0 aromatic carbocycles. The molecule has 58 valence electrons. The van der Waals surface area contributed by atoms with Crippen molar-refractivity contribution < 1.29 is 4.79 Å². The van der Waals surface area contributed by atoms with Crippen LogP contribution in [0.15, 0.2) is 11.6 Å². The van der Waals surface area contributed by atoms with Gasteiger partial charge in [-0.25, -0.2) is 0 Å². The monoisotopic (exact) mass is 140 g/mol. The predicted octanol–water partition coefficient (Wildman–Crippen LogP) is 2.57. The number of allylic oxidation sites excluding steroid dienone is 2. The third kappa shape index (κ3) is 5.54. The zero-order valence-corrected chi connectivity index (χ0v) is 7.05. The highest BCUT2D eigenvalue weighted by Crippen LogP contribution is 2.09. The third-order valence-electron chi connectivity index (χ3n) is 1.47. The maximum absolute atomic E-state index is 9.98. The van der Waals surface area contributed by atoms with Gasteiger partial charge in [-0.15, -0.1) is 0 Å². The summed E-state index contributed by atoms with van der Waals surface area (Å²) in [6.45, 7) is 6.37. The van der Waals surface area contributed by atoms with Gasteiger partial charge in [0.25, 0.3) is 0 Å². The Morgan fingerprint density at radius 1 is 1.50 bits per heavy atom. The molecule has 1 nitrogen and oxygen atoms in total. The number of carbonyl (C=O) groups excluding carboxylic acids is 1. The van der Waals surface area contributed by atoms with Gasteiger partial charge in [0.1, 0.15) is 6.29 Å². The summed E-state index contributed by atoms with van der Waals surface area (Å²) in [6, 6.07) is 0. The Balaban J connectivity index is 3.48. The quantitative estimate of drug-likeness (QED) is 0.433. The fourth-order valence-corrected chi connectivity index (χ4v) is 0.716. The lowest BCUT2D eigenvalue weighted by Crippen LogP contribution is -1.87. The van der Waals surface area contributed by atoms with Gasteiger partial charge in [0.15, 0.2) is 0 Å². The van der Waals surface area contributed by atoms with Crippen molar-refractivity contribution in [2.75, 3.05) is 0 Å². The van der Waals surface area contributed by atoms with Gasteiger partial charge in [0.05, 0.1) is 0 Å². The number of hydrogen-bond acceptors (Lipinski definition) is 1. The molecule has 0 saturated carbocycles. The van der Waals surface area contributed by atoms with Crippen LogP contribution < -0.4 is 0 Å². The lowest BCUT2D eigenvalue weighted by Gasteiger charge is -2.02. The Hall–Kier alpha value is -0.590. The summed E-state index contributed by atoms with van der Waals surface area (Å²) >= 11 is 0. The smallest absolute Gasteiger partial charge is 0.142 e. The summed E-state index contributed by atoms with van der Waals surface area (Å²) in [5.74, 6) is 0.731. The minimum Gasteiger partial charge on any atom is -0.299 e. The molecule has 0 heterocycles. The molecule has 0 aliphatic heterocycles. The van der Waals surface area contributed by atoms with Gasteiger partial charge in [0, 0.05) is 0 Å². The number of hydrogen-bond donors (Lipinski definition) is 0. The number of carbonyl (C=O) groups is 1. The zero-order valence-electron chi connectivity index (χ0n) is 7.05. The number of aldehydes is 1. The van der Waals surface area contributed by atoms with Crippen molar-refractivity contribution in [2.45, 2.75) is 33.6 Å². The van der Waals surface area contributed by atoms with Gasteiger partial charge in [-0.05, 0) is 31.8 Å². The van der Waals surface area contributed by atoms with Crippen molar-refractivity contribution in [1.29, 1.82) is 0 Å². The van der Waals surface area contributed by atoms with E-state index in [1.807, 2.05) is 6.92 Å². The average molecular weight is 140 g/mol. The molecule has 0 atom stereocenters. The van der Waals surface area contributed by atoms with Crippen molar-refractivity contribution in [2.24, 2.45) is 5.92 Å². The van der Waals surface area contributed by atoms with Crippen molar-refractivity contribution in [1.82, 2.24) is 0 Å². The van der Waals surface area contributed by atoms with E-state index in [1.165, 1.54) is 12.0 Å². The first-order valence-electron chi connectivity index (χ1n) is 3.77. The highest BCUT2D eigenvalue weighted by Gasteiger charge is 1.93. The molecule has 0 fully saturated rings. The first-order valence-corrected chi connectivity index (χ1v) is 3.77. The second-order valence-electron chi connectivity index (χ2n) is 3.08. The van der Waals surface area contributed by atoms with Gasteiger partial charge in [0.2, 0.25) is 0 Å². The van der Waals surface area contributed by atoms with E-state index in [2.05, 4.69) is 13.8 Å². The van der Waals surface area contributed by atoms with Gasteiger partial charge < -0.3 is 0 Å².